The van der Waals surface area contributed by atoms with Crippen LogP contribution in [0.2, 0.25) is 0 Å². The molecule has 37 heavy (non-hydrogen) atoms. The number of likely N-dealkylation sites (tertiary alicyclic amines) is 1. The Bertz CT molecular complexity index is 1150. The van der Waals surface area contributed by atoms with E-state index in [4.69, 9.17) is 9.97 Å². The van der Waals surface area contributed by atoms with E-state index in [9.17, 15) is 5.11 Å². The molecule has 2 fully saturated rings. The van der Waals surface area contributed by atoms with Crippen molar-refractivity contribution in [3.63, 3.8) is 0 Å². The van der Waals surface area contributed by atoms with Crippen molar-refractivity contribution in [3.8, 4) is 11.4 Å². The molecule has 0 unspecified atom stereocenters. The van der Waals surface area contributed by atoms with Crippen LogP contribution in [-0.2, 0) is 6.42 Å². The van der Waals surface area contributed by atoms with Gasteiger partial charge in [0.25, 0.3) is 0 Å². The van der Waals surface area contributed by atoms with Crippen LogP contribution in [0.3, 0.4) is 0 Å². The van der Waals surface area contributed by atoms with Crippen LogP contribution in [0.25, 0.3) is 11.4 Å². The Hall–Kier alpha value is -2.80. The highest BCUT2D eigenvalue weighted by atomic mass is 16.3. The van der Waals surface area contributed by atoms with Crippen molar-refractivity contribution < 1.29 is 5.11 Å². The molecule has 0 spiro atoms. The fourth-order valence-electron chi connectivity index (χ4n) is 5.70. The van der Waals surface area contributed by atoms with Gasteiger partial charge in [0.15, 0.2) is 5.82 Å². The maximum absolute atomic E-state index is 10.8. The highest BCUT2D eigenvalue weighted by Crippen LogP contribution is 2.29. The topological polar surface area (TPSA) is 55.7 Å². The van der Waals surface area contributed by atoms with Gasteiger partial charge in [-0.3, -0.25) is 4.90 Å². The zero-order valence-electron chi connectivity index (χ0n) is 22.4. The van der Waals surface area contributed by atoms with Crippen LogP contribution in [0.15, 0.2) is 54.6 Å². The van der Waals surface area contributed by atoms with E-state index in [1.165, 1.54) is 36.0 Å². The Morgan fingerprint density at radius 3 is 2.11 bits per heavy atom. The van der Waals surface area contributed by atoms with Gasteiger partial charge in [0.2, 0.25) is 0 Å². The standard InChI is InChI=1S/C31H41N5O/c1-24-11-7-8-14-27(24)21-29-25(2)32-30(26-12-5-3-6-13-26)33-31(29)36-19-17-35(18-20-36)23-28(37)22-34-15-9-4-10-16-34/h3,5-8,11-14,28,37H,4,9-10,15-23H2,1-2H3/t28-/m1/s1. The predicted molar refractivity (Wildman–Crippen MR) is 151 cm³/mol. The van der Waals surface area contributed by atoms with E-state index in [0.29, 0.717) is 0 Å². The van der Waals surface area contributed by atoms with E-state index in [0.717, 1.165) is 81.7 Å². The van der Waals surface area contributed by atoms with Crippen molar-refractivity contribution in [1.29, 1.82) is 0 Å². The van der Waals surface area contributed by atoms with E-state index in [1.54, 1.807) is 0 Å². The van der Waals surface area contributed by atoms with Gasteiger partial charge in [-0.1, -0.05) is 61.0 Å². The van der Waals surface area contributed by atoms with Crippen LogP contribution in [0.4, 0.5) is 5.82 Å². The molecular weight excluding hydrogens is 458 g/mol. The lowest BCUT2D eigenvalue weighted by molar-refractivity contribution is 0.0651. The molecule has 0 aliphatic carbocycles. The summed E-state index contributed by atoms with van der Waals surface area (Å²) in [6, 6.07) is 18.9. The second kappa shape index (κ2) is 12.2. The fourth-order valence-corrected chi connectivity index (χ4v) is 5.70. The van der Waals surface area contributed by atoms with Gasteiger partial charge in [-0.25, -0.2) is 9.97 Å². The Kier molecular flexibility index (Phi) is 8.49. The largest absolute Gasteiger partial charge is 0.390 e. The van der Waals surface area contributed by atoms with Crippen LogP contribution in [-0.4, -0.2) is 83.3 Å². The first-order valence-corrected chi connectivity index (χ1v) is 13.9. The number of hydrogen-bond donors (Lipinski definition) is 1. The quantitative estimate of drug-likeness (QED) is 0.498. The Balaban J connectivity index is 1.32. The minimum absolute atomic E-state index is 0.285. The number of benzene rings is 2. The Morgan fingerprint density at radius 2 is 1.41 bits per heavy atom. The van der Waals surface area contributed by atoms with E-state index in [1.807, 2.05) is 18.2 Å². The lowest BCUT2D eigenvalue weighted by Gasteiger charge is -2.38. The molecule has 2 saturated heterocycles. The van der Waals surface area contributed by atoms with Gasteiger partial charge in [-0.05, 0) is 50.9 Å². The summed E-state index contributed by atoms with van der Waals surface area (Å²) >= 11 is 0. The summed E-state index contributed by atoms with van der Waals surface area (Å²) in [5.41, 5.74) is 5.93. The third kappa shape index (κ3) is 6.56. The van der Waals surface area contributed by atoms with Gasteiger partial charge < -0.3 is 14.9 Å². The molecule has 0 radical (unpaired) electrons. The van der Waals surface area contributed by atoms with Gasteiger partial charge in [0, 0.05) is 62.5 Å². The number of rotatable bonds is 8. The van der Waals surface area contributed by atoms with Gasteiger partial charge in [0.05, 0.1) is 6.10 Å². The molecule has 2 aliphatic rings. The summed E-state index contributed by atoms with van der Waals surface area (Å²) in [6.45, 7) is 11.8. The third-order valence-corrected chi connectivity index (χ3v) is 7.91. The summed E-state index contributed by atoms with van der Waals surface area (Å²) in [5, 5.41) is 10.8. The highest BCUT2D eigenvalue weighted by molar-refractivity contribution is 5.61. The molecule has 1 aromatic heterocycles. The average molecular weight is 500 g/mol. The van der Waals surface area contributed by atoms with Crippen LogP contribution < -0.4 is 4.90 Å². The van der Waals surface area contributed by atoms with Gasteiger partial charge in [0.1, 0.15) is 5.82 Å². The minimum Gasteiger partial charge on any atom is -0.390 e. The Labute approximate surface area is 222 Å². The number of hydrogen-bond acceptors (Lipinski definition) is 6. The number of piperidine rings is 1. The first-order valence-electron chi connectivity index (χ1n) is 13.9. The van der Waals surface area contributed by atoms with Gasteiger partial charge >= 0.3 is 0 Å². The van der Waals surface area contributed by atoms with Crippen molar-refractivity contribution in [2.75, 3.05) is 57.3 Å². The zero-order chi connectivity index (χ0) is 25.6. The first-order chi connectivity index (χ1) is 18.1. The molecule has 196 valence electrons. The summed E-state index contributed by atoms with van der Waals surface area (Å²) in [7, 11) is 0. The van der Waals surface area contributed by atoms with Crippen molar-refractivity contribution in [2.45, 2.75) is 45.6 Å². The van der Waals surface area contributed by atoms with Crippen LogP contribution >= 0.6 is 0 Å². The average Bonchev–Trinajstić information content (AvgIpc) is 2.92. The first kappa shape index (κ1) is 25.8. The molecule has 1 N–H and O–H groups in total. The minimum atomic E-state index is -0.285. The van der Waals surface area contributed by atoms with E-state index in [2.05, 4.69) is 64.9 Å². The molecule has 5 rings (SSSR count). The summed E-state index contributed by atoms with van der Waals surface area (Å²) in [6.07, 6.45) is 4.40. The molecule has 3 heterocycles. The van der Waals surface area contributed by atoms with Gasteiger partial charge in [-0.15, -0.1) is 0 Å². The smallest absolute Gasteiger partial charge is 0.161 e. The van der Waals surface area contributed by atoms with Crippen LogP contribution in [0.5, 0.6) is 0 Å². The monoisotopic (exact) mass is 499 g/mol. The molecule has 2 aliphatic heterocycles. The van der Waals surface area contributed by atoms with E-state index < -0.39 is 0 Å². The normalized spacial score (nSPS) is 18.2. The van der Waals surface area contributed by atoms with Crippen LogP contribution in [0, 0.1) is 13.8 Å². The SMILES string of the molecule is Cc1ccccc1Cc1c(C)nc(-c2ccccc2)nc1N1CCN(C[C@H](O)CN2CCCCC2)CC1. The molecule has 0 bridgehead atoms. The molecule has 0 amide bonds. The Morgan fingerprint density at radius 1 is 0.757 bits per heavy atom. The number of β-amino-alcohol motifs (C(OH)–C–C–N with tert-alkyl or cyclic N) is 1. The van der Waals surface area contributed by atoms with Crippen LogP contribution in [0.1, 0.15) is 41.6 Å². The molecule has 6 heteroatoms. The summed E-state index contributed by atoms with van der Waals surface area (Å²) in [5.74, 6) is 1.85. The number of aromatic nitrogens is 2. The fraction of sp³-hybridized carbons (Fsp3) is 0.484. The van der Waals surface area contributed by atoms with Gasteiger partial charge in [-0.2, -0.15) is 0 Å². The number of aliphatic hydroxyl groups is 1. The van der Waals surface area contributed by atoms with Crippen molar-refractivity contribution in [1.82, 2.24) is 19.8 Å². The number of aryl methyl sites for hydroxylation is 2. The van der Waals surface area contributed by atoms with Crippen molar-refractivity contribution in [3.05, 3.63) is 77.0 Å². The molecule has 0 saturated carbocycles. The molecule has 6 nitrogen and oxygen atoms in total. The van der Waals surface area contributed by atoms with Crippen molar-refractivity contribution >= 4 is 5.82 Å². The molecule has 3 aromatic rings. The summed E-state index contributed by atoms with van der Waals surface area (Å²) < 4.78 is 0. The molecule has 2 aromatic carbocycles. The maximum Gasteiger partial charge on any atom is 0.161 e. The third-order valence-electron chi connectivity index (χ3n) is 7.91. The molecule has 1 atom stereocenters. The lowest BCUT2D eigenvalue weighted by atomic mass is 9.99. The number of aliphatic hydroxyl groups excluding tert-OH is 1. The summed E-state index contributed by atoms with van der Waals surface area (Å²) in [4.78, 5) is 17.4. The van der Waals surface area contributed by atoms with E-state index >= 15 is 0 Å². The lowest BCUT2D eigenvalue weighted by Crippen LogP contribution is -2.50. The maximum atomic E-state index is 10.8. The van der Waals surface area contributed by atoms with E-state index in [-0.39, 0.29) is 6.10 Å². The number of piperazine rings is 1. The number of anilines is 1. The highest BCUT2D eigenvalue weighted by Gasteiger charge is 2.25. The van der Waals surface area contributed by atoms with Crippen molar-refractivity contribution in [2.24, 2.45) is 0 Å². The predicted octanol–water partition coefficient (Wildman–Crippen LogP) is 4.32. The molecular formula is C31H41N5O. The zero-order valence-corrected chi connectivity index (χ0v) is 22.4. The second-order valence-electron chi connectivity index (χ2n) is 10.7. The number of nitrogens with zero attached hydrogens (tertiary/aromatic N) is 5. The second-order valence-corrected chi connectivity index (χ2v) is 10.7.